The lowest BCUT2D eigenvalue weighted by atomic mass is 10.1. The normalized spacial score (nSPS) is 10.8. The van der Waals surface area contributed by atoms with Crippen molar-refractivity contribution < 1.29 is 4.39 Å². The Morgan fingerprint density at radius 2 is 2.00 bits per heavy atom. The highest BCUT2D eigenvalue weighted by molar-refractivity contribution is 6.31. The average Bonchev–Trinajstić information content (AvgIpc) is 2.93. The van der Waals surface area contributed by atoms with E-state index in [9.17, 15) is 4.39 Å². The summed E-state index contributed by atoms with van der Waals surface area (Å²) in [7, 11) is 0. The van der Waals surface area contributed by atoms with Crippen LogP contribution in [0.1, 0.15) is 5.56 Å². The van der Waals surface area contributed by atoms with Gasteiger partial charge in [-0.25, -0.2) is 4.39 Å². The zero-order valence-electron chi connectivity index (χ0n) is 11.1. The molecule has 0 saturated carbocycles. The second-order valence-corrected chi connectivity index (χ2v) is 5.01. The molecule has 1 heterocycles. The molecular formula is C14H11ClFN5. The van der Waals surface area contributed by atoms with Crippen LogP contribution in [0.2, 0.25) is 5.02 Å². The average molecular weight is 304 g/mol. The second-order valence-electron chi connectivity index (χ2n) is 4.58. The zero-order valence-corrected chi connectivity index (χ0v) is 11.8. The first-order chi connectivity index (χ1) is 10.1. The third kappa shape index (κ3) is 2.45. The van der Waals surface area contributed by atoms with Crippen molar-refractivity contribution in [3.8, 4) is 17.1 Å². The molecule has 0 fully saturated rings. The molecule has 0 bridgehead atoms. The number of aromatic nitrogens is 4. The van der Waals surface area contributed by atoms with Gasteiger partial charge in [0.1, 0.15) is 5.82 Å². The van der Waals surface area contributed by atoms with E-state index < -0.39 is 0 Å². The summed E-state index contributed by atoms with van der Waals surface area (Å²) in [4.78, 5) is 0. The Morgan fingerprint density at radius 3 is 2.81 bits per heavy atom. The molecule has 0 radical (unpaired) electrons. The largest absolute Gasteiger partial charge is 0.398 e. The van der Waals surface area contributed by atoms with Crippen molar-refractivity contribution in [1.82, 2.24) is 20.2 Å². The van der Waals surface area contributed by atoms with Crippen LogP contribution in [0.15, 0.2) is 36.4 Å². The van der Waals surface area contributed by atoms with E-state index in [0.29, 0.717) is 27.8 Å². The Bertz CT molecular complexity index is 749. The molecular weight excluding hydrogens is 293 g/mol. The number of nitrogen functional groups attached to an aromatic ring is 1. The molecule has 7 heteroatoms. The minimum Gasteiger partial charge on any atom is -0.398 e. The highest BCUT2D eigenvalue weighted by atomic mass is 35.5. The van der Waals surface area contributed by atoms with E-state index in [0.717, 1.165) is 5.56 Å². The van der Waals surface area contributed by atoms with E-state index in [4.69, 9.17) is 17.3 Å². The quantitative estimate of drug-likeness (QED) is 0.739. The van der Waals surface area contributed by atoms with Gasteiger partial charge in [0.15, 0.2) is 5.82 Å². The number of tetrazole rings is 1. The molecule has 0 spiro atoms. The Kier molecular flexibility index (Phi) is 3.31. The van der Waals surface area contributed by atoms with Crippen molar-refractivity contribution in [1.29, 1.82) is 0 Å². The zero-order chi connectivity index (χ0) is 15.0. The van der Waals surface area contributed by atoms with Gasteiger partial charge >= 0.3 is 0 Å². The van der Waals surface area contributed by atoms with E-state index in [1.54, 1.807) is 24.3 Å². The van der Waals surface area contributed by atoms with Gasteiger partial charge in [0.2, 0.25) is 0 Å². The van der Waals surface area contributed by atoms with Crippen molar-refractivity contribution in [2.24, 2.45) is 0 Å². The standard InChI is InChI=1S/C14H11ClFN5/c1-8-2-4-10(16)7-13(8)21-14(18-19-20-21)11-6-9(15)3-5-12(11)17/h2-7H,17H2,1H3. The first kappa shape index (κ1) is 13.5. The maximum absolute atomic E-state index is 13.5. The molecule has 0 aliphatic rings. The van der Waals surface area contributed by atoms with Gasteiger partial charge in [-0.1, -0.05) is 17.7 Å². The molecule has 0 amide bonds. The molecule has 0 aliphatic carbocycles. The molecule has 2 N–H and O–H groups in total. The van der Waals surface area contributed by atoms with E-state index >= 15 is 0 Å². The highest BCUT2D eigenvalue weighted by Gasteiger charge is 2.15. The summed E-state index contributed by atoms with van der Waals surface area (Å²) in [6.45, 7) is 1.85. The van der Waals surface area contributed by atoms with Crippen molar-refractivity contribution >= 4 is 17.3 Å². The van der Waals surface area contributed by atoms with Crippen molar-refractivity contribution in [3.63, 3.8) is 0 Å². The predicted octanol–water partition coefficient (Wildman–Crippen LogP) is 3.01. The van der Waals surface area contributed by atoms with Gasteiger partial charge in [0.05, 0.1) is 5.69 Å². The van der Waals surface area contributed by atoms with Crippen LogP contribution in [0.25, 0.3) is 17.1 Å². The van der Waals surface area contributed by atoms with Crippen molar-refractivity contribution in [2.75, 3.05) is 5.73 Å². The number of hydrogen-bond acceptors (Lipinski definition) is 4. The summed E-state index contributed by atoms with van der Waals surface area (Å²) in [5, 5.41) is 12.1. The molecule has 21 heavy (non-hydrogen) atoms. The molecule has 1 aromatic heterocycles. The lowest BCUT2D eigenvalue weighted by molar-refractivity contribution is 0.624. The molecule has 3 aromatic rings. The highest BCUT2D eigenvalue weighted by Crippen LogP contribution is 2.29. The Balaban J connectivity index is 2.22. The molecule has 5 nitrogen and oxygen atoms in total. The van der Waals surface area contributed by atoms with Crippen molar-refractivity contribution in [3.05, 3.63) is 52.8 Å². The number of hydrogen-bond donors (Lipinski definition) is 1. The van der Waals surface area contributed by atoms with E-state index in [-0.39, 0.29) is 5.82 Å². The molecule has 0 saturated heterocycles. The van der Waals surface area contributed by atoms with Crippen LogP contribution in [-0.4, -0.2) is 20.2 Å². The van der Waals surface area contributed by atoms with Crippen LogP contribution >= 0.6 is 11.6 Å². The van der Waals surface area contributed by atoms with Crippen LogP contribution in [0.4, 0.5) is 10.1 Å². The van der Waals surface area contributed by atoms with E-state index in [1.165, 1.54) is 16.8 Å². The van der Waals surface area contributed by atoms with Gasteiger partial charge < -0.3 is 5.73 Å². The van der Waals surface area contributed by atoms with Crippen LogP contribution in [0.5, 0.6) is 0 Å². The Labute approximate surface area is 125 Å². The number of halogens is 2. The monoisotopic (exact) mass is 303 g/mol. The predicted molar refractivity (Wildman–Crippen MR) is 78.7 cm³/mol. The van der Waals surface area contributed by atoms with E-state index in [2.05, 4.69) is 15.5 Å². The van der Waals surface area contributed by atoms with E-state index in [1.807, 2.05) is 6.92 Å². The van der Waals surface area contributed by atoms with Gasteiger partial charge in [-0.05, 0) is 53.2 Å². The van der Waals surface area contributed by atoms with Gasteiger partial charge in [-0.2, -0.15) is 4.68 Å². The van der Waals surface area contributed by atoms with Gasteiger partial charge in [-0.15, -0.1) is 5.10 Å². The fourth-order valence-corrected chi connectivity index (χ4v) is 2.22. The lowest BCUT2D eigenvalue weighted by Crippen LogP contribution is -2.04. The minimum atomic E-state index is -0.365. The lowest BCUT2D eigenvalue weighted by Gasteiger charge is -2.09. The number of aryl methyl sites for hydroxylation is 1. The smallest absolute Gasteiger partial charge is 0.189 e. The summed E-state index contributed by atoms with van der Waals surface area (Å²) >= 11 is 6.00. The number of nitrogens with two attached hydrogens (primary N) is 1. The third-order valence-corrected chi connectivity index (χ3v) is 3.36. The van der Waals surface area contributed by atoms with Crippen LogP contribution < -0.4 is 5.73 Å². The topological polar surface area (TPSA) is 69.6 Å². The fourth-order valence-electron chi connectivity index (χ4n) is 2.05. The summed E-state index contributed by atoms with van der Waals surface area (Å²) < 4.78 is 14.9. The van der Waals surface area contributed by atoms with Gasteiger partial charge in [0, 0.05) is 16.3 Å². The maximum atomic E-state index is 13.5. The molecule has 0 unspecified atom stereocenters. The van der Waals surface area contributed by atoms with Crippen molar-refractivity contribution in [2.45, 2.75) is 6.92 Å². The Hall–Kier alpha value is -2.47. The summed E-state index contributed by atoms with van der Waals surface area (Å²) in [6.07, 6.45) is 0. The summed E-state index contributed by atoms with van der Waals surface area (Å²) in [5.41, 5.74) is 8.43. The first-order valence-corrected chi connectivity index (χ1v) is 6.54. The van der Waals surface area contributed by atoms with Crippen LogP contribution in [-0.2, 0) is 0 Å². The fraction of sp³-hybridized carbons (Fsp3) is 0.0714. The number of nitrogens with zero attached hydrogens (tertiary/aromatic N) is 4. The summed E-state index contributed by atoms with van der Waals surface area (Å²) in [6, 6.07) is 9.45. The third-order valence-electron chi connectivity index (χ3n) is 3.13. The molecule has 0 atom stereocenters. The number of rotatable bonds is 2. The minimum absolute atomic E-state index is 0.365. The SMILES string of the molecule is Cc1ccc(F)cc1-n1nnnc1-c1cc(Cl)ccc1N. The number of benzene rings is 2. The summed E-state index contributed by atoms with van der Waals surface area (Å²) in [5.74, 6) is 0.0415. The van der Waals surface area contributed by atoms with Crippen LogP contribution in [0.3, 0.4) is 0 Å². The molecule has 106 valence electrons. The molecule has 2 aromatic carbocycles. The van der Waals surface area contributed by atoms with Crippen LogP contribution in [0, 0.1) is 12.7 Å². The van der Waals surface area contributed by atoms with Gasteiger partial charge in [0.25, 0.3) is 0 Å². The molecule has 3 rings (SSSR count). The van der Waals surface area contributed by atoms with Gasteiger partial charge in [-0.3, -0.25) is 0 Å². The first-order valence-electron chi connectivity index (χ1n) is 6.16. The molecule has 0 aliphatic heterocycles. The second kappa shape index (κ2) is 5.14. The Morgan fingerprint density at radius 1 is 1.19 bits per heavy atom. The maximum Gasteiger partial charge on any atom is 0.189 e. The number of anilines is 1.